The van der Waals surface area contributed by atoms with E-state index < -0.39 is 17.8 Å². The van der Waals surface area contributed by atoms with Gasteiger partial charge in [0.1, 0.15) is 5.00 Å². The number of amides is 2. The summed E-state index contributed by atoms with van der Waals surface area (Å²) in [5.41, 5.74) is 0.867. The van der Waals surface area contributed by atoms with E-state index in [1.54, 1.807) is 32.0 Å². The normalized spacial score (nSPS) is 10.6. The van der Waals surface area contributed by atoms with E-state index in [1.165, 1.54) is 18.2 Å². The number of rotatable bonds is 6. The van der Waals surface area contributed by atoms with Crippen molar-refractivity contribution in [2.24, 2.45) is 0 Å². The predicted molar refractivity (Wildman–Crippen MR) is 134 cm³/mol. The molecule has 0 aliphatic carbocycles. The second kappa shape index (κ2) is 10.8. The molecule has 0 radical (unpaired) electrons. The number of hydrogen-bond acceptors (Lipinski definition) is 5. The van der Waals surface area contributed by atoms with Crippen LogP contribution in [0.25, 0.3) is 0 Å². The monoisotopic (exact) mass is 544 g/mol. The summed E-state index contributed by atoms with van der Waals surface area (Å²) in [5.74, 6) is -1.78. The van der Waals surface area contributed by atoms with E-state index in [0.29, 0.717) is 16.3 Å². The molecule has 1 aromatic heterocycles. The van der Waals surface area contributed by atoms with Crippen LogP contribution in [-0.2, 0) is 4.74 Å². The summed E-state index contributed by atoms with van der Waals surface area (Å²) in [6.45, 7) is 3.35. The predicted octanol–water partition coefficient (Wildman–Crippen LogP) is 7.35. The van der Waals surface area contributed by atoms with Gasteiger partial charge >= 0.3 is 5.97 Å². The molecule has 0 atom stereocenters. The topological polar surface area (TPSA) is 84.5 Å². The fourth-order valence-corrected chi connectivity index (χ4v) is 4.82. The Kier molecular flexibility index (Phi) is 8.26. The van der Waals surface area contributed by atoms with Crippen LogP contribution in [0.3, 0.4) is 0 Å². The molecule has 0 saturated carbocycles. The van der Waals surface area contributed by atoms with Crippen LogP contribution in [0.15, 0.2) is 36.4 Å². The number of carbonyl (C=O) groups excluding carboxylic acids is 3. The first-order valence-electron chi connectivity index (χ1n) is 9.46. The molecule has 0 saturated heterocycles. The van der Waals surface area contributed by atoms with Crippen molar-refractivity contribution in [2.75, 3.05) is 17.2 Å². The summed E-state index contributed by atoms with van der Waals surface area (Å²) in [4.78, 5) is 38.6. The van der Waals surface area contributed by atoms with E-state index in [4.69, 9.17) is 51.1 Å². The fourth-order valence-electron chi connectivity index (χ4n) is 2.89. The largest absolute Gasteiger partial charge is 0.462 e. The zero-order chi connectivity index (χ0) is 24.3. The quantitative estimate of drug-likeness (QED) is 0.317. The molecule has 2 aromatic carbocycles. The van der Waals surface area contributed by atoms with Crippen molar-refractivity contribution in [3.8, 4) is 0 Å². The molecule has 1 heterocycles. The number of anilines is 2. The molecule has 11 heteroatoms. The molecule has 0 unspecified atom stereocenters. The number of hydrogen-bond donors (Lipinski definition) is 2. The lowest BCUT2D eigenvalue weighted by molar-refractivity contribution is 0.0527. The minimum absolute atomic E-state index is 0.0719. The Balaban J connectivity index is 1.98. The van der Waals surface area contributed by atoms with Crippen molar-refractivity contribution >= 4 is 86.2 Å². The number of ether oxygens (including phenoxy) is 1. The van der Waals surface area contributed by atoms with E-state index in [2.05, 4.69) is 10.6 Å². The van der Waals surface area contributed by atoms with Gasteiger partial charge in [-0.1, -0.05) is 52.5 Å². The van der Waals surface area contributed by atoms with Crippen molar-refractivity contribution in [2.45, 2.75) is 13.8 Å². The SMILES string of the molecule is CCOC(=O)c1c(NC(=O)c2ccc(Cl)cc2Cl)sc(C(=O)Nc2cccc(Cl)c2Cl)c1C. The number of esters is 1. The van der Waals surface area contributed by atoms with Crippen molar-refractivity contribution in [1.29, 1.82) is 0 Å². The lowest BCUT2D eigenvalue weighted by Gasteiger charge is -2.08. The Morgan fingerprint density at radius 2 is 1.70 bits per heavy atom. The maximum absolute atomic E-state index is 13.0. The van der Waals surface area contributed by atoms with E-state index in [-0.39, 0.29) is 42.7 Å². The summed E-state index contributed by atoms with van der Waals surface area (Å²) >= 11 is 25.1. The fraction of sp³-hybridized carbons (Fsp3) is 0.136. The molecule has 0 bridgehead atoms. The number of nitrogens with one attached hydrogen (secondary N) is 2. The summed E-state index contributed by atoms with van der Waals surface area (Å²) in [7, 11) is 0. The zero-order valence-electron chi connectivity index (χ0n) is 17.2. The number of benzene rings is 2. The molecule has 0 fully saturated rings. The summed E-state index contributed by atoms with van der Waals surface area (Å²) in [6.07, 6.45) is 0. The van der Waals surface area contributed by atoms with E-state index in [0.717, 1.165) is 11.3 Å². The molecule has 172 valence electrons. The van der Waals surface area contributed by atoms with Gasteiger partial charge in [-0.15, -0.1) is 11.3 Å². The maximum Gasteiger partial charge on any atom is 0.341 e. The molecule has 0 aliphatic heterocycles. The Morgan fingerprint density at radius 3 is 2.36 bits per heavy atom. The summed E-state index contributed by atoms with van der Waals surface area (Å²) < 4.78 is 5.13. The highest BCUT2D eigenvalue weighted by molar-refractivity contribution is 7.19. The van der Waals surface area contributed by atoms with Gasteiger partial charge in [-0.25, -0.2) is 4.79 Å². The van der Waals surface area contributed by atoms with Crippen LogP contribution < -0.4 is 10.6 Å². The van der Waals surface area contributed by atoms with E-state index in [1.807, 2.05) is 0 Å². The van der Waals surface area contributed by atoms with Gasteiger partial charge in [0.15, 0.2) is 0 Å². The van der Waals surface area contributed by atoms with Gasteiger partial charge in [-0.3, -0.25) is 9.59 Å². The Bertz CT molecular complexity index is 1260. The van der Waals surface area contributed by atoms with Crippen molar-refractivity contribution < 1.29 is 19.1 Å². The third kappa shape index (κ3) is 5.62. The standard InChI is InChI=1S/C22H16Cl4N2O4S/c1-3-32-22(31)16-10(2)18(20(30)27-15-6-4-5-13(24)17(15)26)33-21(16)28-19(29)12-8-7-11(23)9-14(12)25/h4-9H,3H2,1-2H3,(H,27,30)(H,28,29). The number of halogens is 4. The molecule has 0 spiro atoms. The molecule has 3 aromatic rings. The molecule has 3 rings (SSSR count). The number of thiophene rings is 1. The molecule has 0 aliphatic rings. The van der Waals surface area contributed by atoms with Gasteiger partial charge in [0.25, 0.3) is 11.8 Å². The molecule has 2 amide bonds. The maximum atomic E-state index is 13.0. The molecular weight excluding hydrogens is 530 g/mol. The van der Waals surface area contributed by atoms with Gasteiger partial charge in [-0.2, -0.15) is 0 Å². The second-order valence-electron chi connectivity index (χ2n) is 6.61. The third-order valence-corrected chi connectivity index (χ3v) is 7.01. The highest BCUT2D eigenvalue weighted by atomic mass is 35.5. The highest BCUT2D eigenvalue weighted by Gasteiger charge is 2.27. The van der Waals surface area contributed by atoms with E-state index >= 15 is 0 Å². The van der Waals surface area contributed by atoms with Gasteiger partial charge in [0, 0.05) is 5.02 Å². The van der Waals surface area contributed by atoms with Crippen LogP contribution >= 0.6 is 57.7 Å². The first-order chi connectivity index (χ1) is 15.6. The van der Waals surface area contributed by atoms with Crippen LogP contribution in [-0.4, -0.2) is 24.4 Å². The Hall–Kier alpha value is -2.29. The average molecular weight is 546 g/mol. The van der Waals surface area contributed by atoms with Gasteiger partial charge in [0.05, 0.1) is 43.4 Å². The smallest absolute Gasteiger partial charge is 0.341 e. The molecule has 2 N–H and O–H groups in total. The van der Waals surface area contributed by atoms with Crippen LogP contribution in [0.1, 0.15) is 42.9 Å². The van der Waals surface area contributed by atoms with Crippen molar-refractivity contribution in [3.63, 3.8) is 0 Å². The molecule has 6 nitrogen and oxygen atoms in total. The van der Waals surface area contributed by atoms with Crippen molar-refractivity contribution in [3.05, 3.63) is 78.1 Å². The van der Waals surface area contributed by atoms with Crippen LogP contribution in [0.5, 0.6) is 0 Å². The first kappa shape index (κ1) is 25.3. The van der Waals surface area contributed by atoms with Crippen LogP contribution in [0, 0.1) is 6.92 Å². The van der Waals surface area contributed by atoms with Crippen LogP contribution in [0.2, 0.25) is 20.1 Å². The van der Waals surface area contributed by atoms with Crippen LogP contribution in [0.4, 0.5) is 10.7 Å². The Labute approximate surface area is 213 Å². The average Bonchev–Trinajstić information content (AvgIpc) is 3.07. The summed E-state index contributed by atoms with van der Waals surface area (Å²) in [5, 5.41) is 6.43. The number of carbonyl (C=O) groups is 3. The van der Waals surface area contributed by atoms with Gasteiger partial charge in [0.2, 0.25) is 0 Å². The third-order valence-electron chi connectivity index (χ3n) is 4.44. The lowest BCUT2D eigenvalue weighted by Crippen LogP contribution is -2.15. The Morgan fingerprint density at radius 1 is 0.970 bits per heavy atom. The molecule has 33 heavy (non-hydrogen) atoms. The highest BCUT2D eigenvalue weighted by Crippen LogP contribution is 2.36. The zero-order valence-corrected chi connectivity index (χ0v) is 21.1. The van der Waals surface area contributed by atoms with Gasteiger partial charge < -0.3 is 15.4 Å². The van der Waals surface area contributed by atoms with Gasteiger partial charge in [-0.05, 0) is 49.7 Å². The minimum atomic E-state index is -0.677. The molecular formula is C22H16Cl4N2O4S. The minimum Gasteiger partial charge on any atom is -0.462 e. The van der Waals surface area contributed by atoms with E-state index in [9.17, 15) is 14.4 Å². The summed E-state index contributed by atoms with van der Waals surface area (Å²) in [6, 6.07) is 9.21. The lowest BCUT2D eigenvalue weighted by atomic mass is 10.1. The first-order valence-corrected chi connectivity index (χ1v) is 11.8. The second-order valence-corrected chi connectivity index (χ2v) is 9.26. The van der Waals surface area contributed by atoms with Crippen molar-refractivity contribution in [1.82, 2.24) is 0 Å².